The van der Waals surface area contributed by atoms with Gasteiger partial charge in [0.15, 0.2) is 0 Å². The van der Waals surface area contributed by atoms with E-state index in [0.29, 0.717) is 5.75 Å². The van der Waals surface area contributed by atoms with Gasteiger partial charge in [0.25, 0.3) is 0 Å². The summed E-state index contributed by atoms with van der Waals surface area (Å²) in [5, 5.41) is 9.57. The van der Waals surface area contributed by atoms with E-state index in [1.807, 2.05) is 6.07 Å². The van der Waals surface area contributed by atoms with E-state index in [2.05, 4.69) is 6.92 Å². The fourth-order valence-electron chi connectivity index (χ4n) is 1.35. The van der Waals surface area contributed by atoms with Crippen LogP contribution in [-0.2, 0) is 6.42 Å². The monoisotopic (exact) mass is 204 g/mol. The van der Waals surface area contributed by atoms with Crippen LogP contribution in [0, 0.1) is 0 Å². The van der Waals surface area contributed by atoms with E-state index in [-0.39, 0.29) is 29.6 Å². The molecule has 14 heavy (non-hydrogen) atoms. The Bertz CT molecular complexity index is 274. The summed E-state index contributed by atoms with van der Waals surface area (Å²) in [4.78, 5) is 0. The third-order valence-corrected chi connectivity index (χ3v) is 2.11. The number of phenols is 1. The van der Waals surface area contributed by atoms with Crippen LogP contribution in [0.1, 0.15) is 25.3 Å². The predicted octanol–water partition coefficient (Wildman–Crippen LogP) is 2.09. The third kappa shape index (κ3) is 3.52. The number of hydrogen-bond acceptors (Lipinski definition) is 2. The predicted molar refractivity (Wildman–Crippen MR) is 60.4 cm³/mol. The second-order valence-electron chi connectivity index (χ2n) is 3.06. The van der Waals surface area contributed by atoms with Crippen molar-refractivity contribution in [3.8, 4) is 11.5 Å². The molecule has 2 nitrogen and oxygen atoms in total. The number of rotatable bonds is 4. The van der Waals surface area contributed by atoms with E-state index in [9.17, 15) is 5.11 Å². The zero-order valence-electron chi connectivity index (χ0n) is 8.21. The molecule has 0 saturated carbocycles. The summed E-state index contributed by atoms with van der Waals surface area (Å²) in [7, 11) is 1.63. The Morgan fingerprint density at radius 3 is 2.64 bits per heavy atom. The van der Waals surface area contributed by atoms with Gasteiger partial charge in [-0.3, -0.25) is 0 Å². The van der Waals surface area contributed by atoms with Gasteiger partial charge in [-0.25, -0.2) is 0 Å². The van der Waals surface area contributed by atoms with Crippen LogP contribution in [0.15, 0.2) is 18.2 Å². The molecule has 0 radical (unpaired) electrons. The fourth-order valence-corrected chi connectivity index (χ4v) is 1.35. The molecule has 0 aliphatic rings. The molecule has 0 aliphatic carbocycles. The van der Waals surface area contributed by atoms with Crippen molar-refractivity contribution in [1.29, 1.82) is 0 Å². The van der Waals surface area contributed by atoms with Crippen LogP contribution in [-0.4, -0.2) is 41.8 Å². The maximum atomic E-state index is 9.57. The van der Waals surface area contributed by atoms with Crippen molar-refractivity contribution in [2.24, 2.45) is 0 Å². The molecular weight excluding hydrogens is 187 g/mol. The summed E-state index contributed by atoms with van der Waals surface area (Å²) < 4.78 is 5.16. The standard InChI is InChI=1S/C11H16O2.Na.H/c1-3-4-6-9-10(12)7-5-8-11(9)13-2;;/h5,7-8,12H,3-4,6H2,1-2H3;;. The van der Waals surface area contributed by atoms with E-state index >= 15 is 0 Å². The summed E-state index contributed by atoms with van der Waals surface area (Å²) >= 11 is 0. The SMILES string of the molecule is CCCCc1c(O)cccc1OC.[NaH]. The normalized spacial score (nSPS) is 9.29. The number of benzene rings is 1. The van der Waals surface area contributed by atoms with Gasteiger partial charge in [0, 0.05) is 5.56 Å². The number of phenolic OH excluding ortho intramolecular Hbond substituents is 1. The second kappa shape index (κ2) is 7.16. The number of aromatic hydroxyl groups is 1. The van der Waals surface area contributed by atoms with Crippen molar-refractivity contribution in [1.82, 2.24) is 0 Å². The third-order valence-electron chi connectivity index (χ3n) is 2.11. The van der Waals surface area contributed by atoms with E-state index in [1.54, 1.807) is 19.2 Å². The molecule has 0 heterocycles. The maximum absolute atomic E-state index is 9.57. The molecule has 0 aliphatic heterocycles. The van der Waals surface area contributed by atoms with Crippen molar-refractivity contribution < 1.29 is 9.84 Å². The molecule has 1 aromatic rings. The van der Waals surface area contributed by atoms with Crippen molar-refractivity contribution in [3.05, 3.63) is 23.8 Å². The second-order valence-corrected chi connectivity index (χ2v) is 3.06. The Kier molecular flexibility index (Phi) is 7.06. The quantitative estimate of drug-likeness (QED) is 0.761. The molecule has 0 spiro atoms. The molecule has 0 aromatic heterocycles. The topological polar surface area (TPSA) is 29.5 Å². The summed E-state index contributed by atoms with van der Waals surface area (Å²) in [6, 6.07) is 5.38. The molecule has 0 bridgehead atoms. The summed E-state index contributed by atoms with van der Waals surface area (Å²) in [6.07, 6.45) is 3.08. The first-order valence-corrected chi connectivity index (χ1v) is 4.64. The minimum absolute atomic E-state index is 0. The van der Waals surface area contributed by atoms with Gasteiger partial charge in [0.2, 0.25) is 0 Å². The first-order chi connectivity index (χ1) is 6.29. The zero-order chi connectivity index (χ0) is 9.68. The van der Waals surface area contributed by atoms with Gasteiger partial charge in [-0.05, 0) is 25.0 Å². The Morgan fingerprint density at radius 1 is 1.36 bits per heavy atom. The summed E-state index contributed by atoms with van der Waals surface area (Å²) in [5.74, 6) is 1.13. The summed E-state index contributed by atoms with van der Waals surface area (Å²) in [6.45, 7) is 2.13. The van der Waals surface area contributed by atoms with Gasteiger partial charge in [-0.1, -0.05) is 19.4 Å². The Morgan fingerprint density at radius 2 is 2.07 bits per heavy atom. The van der Waals surface area contributed by atoms with E-state index in [4.69, 9.17) is 4.74 Å². The van der Waals surface area contributed by atoms with Crippen LogP contribution >= 0.6 is 0 Å². The van der Waals surface area contributed by atoms with Crippen molar-refractivity contribution in [2.75, 3.05) is 7.11 Å². The average Bonchev–Trinajstić information content (AvgIpc) is 2.15. The van der Waals surface area contributed by atoms with Gasteiger partial charge in [0.05, 0.1) is 7.11 Å². The molecule has 3 heteroatoms. The van der Waals surface area contributed by atoms with Crippen LogP contribution in [0.3, 0.4) is 0 Å². The van der Waals surface area contributed by atoms with Crippen LogP contribution in [0.2, 0.25) is 0 Å². The number of hydrogen-bond donors (Lipinski definition) is 1. The molecule has 0 saturated heterocycles. The van der Waals surface area contributed by atoms with Crippen LogP contribution in [0.5, 0.6) is 11.5 Å². The molecule has 0 atom stereocenters. The summed E-state index contributed by atoms with van der Waals surface area (Å²) in [5.41, 5.74) is 0.923. The minimum atomic E-state index is 0. The van der Waals surface area contributed by atoms with E-state index in [0.717, 1.165) is 30.6 Å². The van der Waals surface area contributed by atoms with Crippen molar-refractivity contribution in [2.45, 2.75) is 26.2 Å². The Labute approximate surface area is 108 Å². The van der Waals surface area contributed by atoms with Gasteiger partial charge < -0.3 is 9.84 Å². The van der Waals surface area contributed by atoms with Gasteiger partial charge >= 0.3 is 29.6 Å². The zero-order valence-corrected chi connectivity index (χ0v) is 8.21. The Hall–Kier alpha value is -0.180. The molecule has 74 valence electrons. The molecule has 1 N–H and O–H groups in total. The van der Waals surface area contributed by atoms with Gasteiger partial charge in [0.1, 0.15) is 11.5 Å². The van der Waals surface area contributed by atoms with Crippen molar-refractivity contribution >= 4 is 29.6 Å². The van der Waals surface area contributed by atoms with Crippen LogP contribution < -0.4 is 4.74 Å². The Balaban J connectivity index is 0.00000169. The number of unbranched alkanes of at least 4 members (excludes halogenated alkanes) is 1. The van der Waals surface area contributed by atoms with Gasteiger partial charge in [-0.15, -0.1) is 0 Å². The molecule has 0 amide bonds. The molecule has 1 aromatic carbocycles. The fraction of sp³-hybridized carbons (Fsp3) is 0.455. The number of ether oxygens (including phenoxy) is 1. The molecule has 0 unspecified atom stereocenters. The first kappa shape index (κ1) is 13.8. The molecule has 1 rings (SSSR count). The van der Waals surface area contributed by atoms with Crippen molar-refractivity contribution in [3.63, 3.8) is 0 Å². The first-order valence-electron chi connectivity index (χ1n) is 4.64. The van der Waals surface area contributed by atoms with Crippen LogP contribution in [0.25, 0.3) is 0 Å². The van der Waals surface area contributed by atoms with E-state index < -0.39 is 0 Å². The molecule has 0 fully saturated rings. The van der Waals surface area contributed by atoms with Gasteiger partial charge in [-0.2, -0.15) is 0 Å². The number of methoxy groups -OCH3 is 1. The van der Waals surface area contributed by atoms with Crippen LogP contribution in [0.4, 0.5) is 0 Å². The average molecular weight is 204 g/mol. The van der Waals surface area contributed by atoms with E-state index in [1.165, 1.54) is 0 Å². The molecular formula is C11H17NaO2.